The molecule has 0 spiro atoms. The van der Waals surface area contributed by atoms with Crippen molar-refractivity contribution in [3.8, 4) is 0 Å². The summed E-state index contributed by atoms with van der Waals surface area (Å²) in [7, 11) is 0. The molecule has 0 saturated heterocycles. The number of carbonyl (C=O) groups excluding carboxylic acids is 1. The smallest absolute Gasteiger partial charge is 0.319 e. The van der Waals surface area contributed by atoms with E-state index in [1.807, 2.05) is 37.3 Å². The number of rotatable bonds is 6. The van der Waals surface area contributed by atoms with Crippen LogP contribution >= 0.6 is 11.8 Å². The normalized spacial score (nSPS) is 12.1. The first-order valence-electron chi connectivity index (χ1n) is 6.16. The number of nitrogens with zero attached hydrogens (tertiary/aromatic N) is 1. The molecule has 0 radical (unpaired) electrons. The number of nitrogens with one attached hydrogen (secondary N) is 1. The number of benzene rings is 1. The highest BCUT2D eigenvalue weighted by Crippen LogP contribution is 2.23. The highest BCUT2D eigenvalue weighted by atomic mass is 32.2. The van der Waals surface area contributed by atoms with Gasteiger partial charge in [-0.2, -0.15) is 0 Å². The number of ether oxygens (including phenoxy) is 1. The molecule has 0 aliphatic heterocycles. The number of imidazole rings is 1. The molecule has 4 nitrogen and oxygen atoms in total. The van der Waals surface area contributed by atoms with Crippen molar-refractivity contribution < 1.29 is 9.53 Å². The minimum atomic E-state index is -0.227. The standard InChI is InChI=1S/C14H16N2O2S/c1-2-12(19-14-15-8-9-16-14)13(17)18-10-11-6-4-3-5-7-11/h3-9,12H,2,10H2,1H3,(H,15,16). The van der Waals surface area contributed by atoms with Gasteiger partial charge in [-0.3, -0.25) is 4.79 Å². The van der Waals surface area contributed by atoms with E-state index in [-0.39, 0.29) is 11.2 Å². The van der Waals surface area contributed by atoms with Crippen molar-refractivity contribution in [1.29, 1.82) is 0 Å². The molecule has 1 aromatic carbocycles. The van der Waals surface area contributed by atoms with E-state index in [9.17, 15) is 4.79 Å². The van der Waals surface area contributed by atoms with Gasteiger partial charge in [-0.15, -0.1) is 0 Å². The molecule has 1 aromatic heterocycles. The lowest BCUT2D eigenvalue weighted by Gasteiger charge is -2.12. The highest BCUT2D eigenvalue weighted by molar-refractivity contribution is 8.00. The van der Waals surface area contributed by atoms with E-state index in [0.29, 0.717) is 13.0 Å². The van der Waals surface area contributed by atoms with Gasteiger partial charge in [-0.1, -0.05) is 49.0 Å². The Labute approximate surface area is 116 Å². The fraction of sp³-hybridized carbons (Fsp3) is 0.286. The van der Waals surface area contributed by atoms with Crippen molar-refractivity contribution in [1.82, 2.24) is 9.97 Å². The van der Waals surface area contributed by atoms with Crippen LogP contribution in [0.2, 0.25) is 0 Å². The molecule has 0 aliphatic rings. The lowest BCUT2D eigenvalue weighted by atomic mass is 10.2. The van der Waals surface area contributed by atoms with Gasteiger partial charge >= 0.3 is 5.97 Å². The Hall–Kier alpha value is -1.75. The van der Waals surface area contributed by atoms with Crippen molar-refractivity contribution in [3.05, 3.63) is 48.3 Å². The van der Waals surface area contributed by atoms with Crippen LogP contribution in [0.15, 0.2) is 47.9 Å². The quantitative estimate of drug-likeness (QED) is 0.651. The van der Waals surface area contributed by atoms with Gasteiger partial charge < -0.3 is 9.72 Å². The topological polar surface area (TPSA) is 55.0 Å². The largest absolute Gasteiger partial charge is 0.460 e. The number of H-pyrrole nitrogens is 1. The number of thioether (sulfide) groups is 1. The molecule has 1 N–H and O–H groups in total. The molecule has 0 amide bonds. The maximum atomic E-state index is 12.0. The minimum Gasteiger partial charge on any atom is -0.460 e. The zero-order chi connectivity index (χ0) is 13.5. The maximum absolute atomic E-state index is 12.0. The second-order valence-electron chi connectivity index (χ2n) is 4.00. The van der Waals surface area contributed by atoms with Crippen LogP contribution in [0.4, 0.5) is 0 Å². The fourth-order valence-corrected chi connectivity index (χ4v) is 2.43. The average molecular weight is 276 g/mol. The summed E-state index contributed by atoms with van der Waals surface area (Å²) in [6.45, 7) is 2.28. The van der Waals surface area contributed by atoms with Gasteiger partial charge in [0, 0.05) is 12.4 Å². The van der Waals surface area contributed by atoms with Crippen molar-refractivity contribution in [2.45, 2.75) is 30.4 Å². The van der Waals surface area contributed by atoms with Crippen LogP contribution < -0.4 is 0 Å². The number of aromatic amines is 1. The van der Waals surface area contributed by atoms with E-state index in [4.69, 9.17) is 4.74 Å². The van der Waals surface area contributed by atoms with E-state index in [0.717, 1.165) is 10.7 Å². The van der Waals surface area contributed by atoms with E-state index in [1.54, 1.807) is 12.4 Å². The number of aromatic nitrogens is 2. The maximum Gasteiger partial charge on any atom is 0.319 e. The molecular weight excluding hydrogens is 260 g/mol. The van der Waals surface area contributed by atoms with E-state index in [1.165, 1.54) is 11.8 Å². The zero-order valence-corrected chi connectivity index (χ0v) is 11.5. The Morgan fingerprint density at radius 3 is 2.84 bits per heavy atom. The minimum absolute atomic E-state index is 0.201. The first kappa shape index (κ1) is 13.7. The molecule has 0 fully saturated rings. The predicted octanol–water partition coefficient (Wildman–Crippen LogP) is 3.02. The van der Waals surface area contributed by atoms with Gasteiger partial charge in [-0.25, -0.2) is 4.98 Å². The van der Waals surface area contributed by atoms with E-state index >= 15 is 0 Å². The molecule has 0 saturated carbocycles. The summed E-state index contributed by atoms with van der Waals surface area (Å²) in [6, 6.07) is 9.67. The van der Waals surface area contributed by atoms with Gasteiger partial charge in [0.15, 0.2) is 5.16 Å². The molecule has 2 aromatic rings. The van der Waals surface area contributed by atoms with Crippen molar-refractivity contribution >= 4 is 17.7 Å². The molecule has 1 unspecified atom stereocenters. The number of carbonyl (C=O) groups is 1. The number of esters is 1. The van der Waals surface area contributed by atoms with Crippen LogP contribution in [-0.2, 0) is 16.1 Å². The summed E-state index contributed by atoms with van der Waals surface area (Å²) in [5.41, 5.74) is 0.994. The number of hydrogen-bond donors (Lipinski definition) is 1. The third-order valence-electron chi connectivity index (χ3n) is 2.58. The SMILES string of the molecule is CCC(Sc1ncc[nH]1)C(=O)OCc1ccccc1. The monoisotopic (exact) mass is 276 g/mol. The lowest BCUT2D eigenvalue weighted by molar-refractivity contribution is -0.144. The summed E-state index contributed by atoms with van der Waals surface area (Å²) < 4.78 is 5.33. The first-order chi connectivity index (χ1) is 9.29. The number of hydrogen-bond acceptors (Lipinski definition) is 4. The molecule has 100 valence electrons. The lowest BCUT2D eigenvalue weighted by Crippen LogP contribution is -2.19. The van der Waals surface area contributed by atoms with Gasteiger partial charge in [0.2, 0.25) is 0 Å². The summed E-state index contributed by atoms with van der Waals surface area (Å²) in [6.07, 6.45) is 4.12. The fourth-order valence-electron chi connectivity index (χ4n) is 1.57. The van der Waals surface area contributed by atoms with Crippen LogP contribution in [0.5, 0.6) is 0 Å². The Balaban J connectivity index is 1.87. The first-order valence-corrected chi connectivity index (χ1v) is 7.04. The summed E-state index contributed by atoms with van der Waals surface area (Å²) >= 11 is 1.40. The van der Waals surface area contributed by atoms with E-state index in [2.05, 4.69) is 9.97 Å². The molecule has 0 aliphatic carbocycles. The van der Waals surface area contributed by atoms with Crippen LogP contribution in [-0.4, -0.2) is 21.2 Å². The van der Waals surface area contributed by atoms with Crippen LogP contribution in [0.1, 0.15) is 18.9 Å². The van der Waals surface area contributed by atoms with E-state index < -0.39 is 0 Å². The Bertz CT molecular complexity index is 499. The second kappa shape index (κ2) is 6.99. The van der Waals surface area contributed by atoms with Crippen molar-refractivity contribution in [2.24, 2.45) is 0 Å². The van der Waals surface area contributed by atoms with Crippen LogP contribution in [0, 0.1) is 0 Å². The molecule has 1 atom stereocenters. The third kappa shape index (κ3) is 4.13. The van der Waals surface area contributed by atoms with Crippen molar-refractivity contribution in [3.63, 3.8) is 0 Å². The Morgan fingerprint density at radius 2 is 2.21 bits per heavy atom. The Morgan fingerprint density at radius 1 is 1.42 bits per heavy atom. The third-order valence-corrected chi connectivity index (χ3v) is 3.84. The highest BCUT2D eigenvalue weighted by Gasteiger charge is 2.20. The summed E-state index contributed by atoms with van der Waals surface area (Å²) in [5, 5.41) is 0.512. The molecular formula is C14H16N2O2S. The Kier molecular flexibility index (Phi) is 5.03. The second-order valence-corrected chi connectivity index (χ2v) is 5.19. The van der Waals surface area contributed by atoms with Crippen molar-refractivity contribution in [2.75, 3.05) is 0 Å². The van der Waals surface area contributed by atoms with Gasteiger partial charge in [0.1, 0.15) is 11.9 Å². The average Bonchev–Trinajstić information content (AvgIpc) is 2.96. The van der Waals surface area contributed by atoms with Gasteiger partial charge in [0.25, 0.3) is 0 Å². The summed E-state index contributed by atoms with van der Waals surface area (Å²) in [4.78, 5) is 19.1. The van der Waals surface area contributed by atoms with Gasteiger partial charge in [0.05, 0.1) is 0 Å². The molecule has 5 heteroatoms. The molecule has 0 bridgehead atoms. The predicted molar refractivity (Wildman–Crippen MR) is 74.8 cm³/mol. The molecule has 2 rings (SSSR count). The summed E-state index contributed by atoms with van der Waals surface area (Å²) in [5.74, 6) is -0.201. The molecule has 1 heterocycles. The van der Waals surface area contributed by atoms with Gasteiger partial charge in [-0.05, 0) is 12.0 Å². The molecule has 19 heavy (non-hydrogen) atoms. The van der Waals surface area contributed by atoms with Crippen LogP contribution in [0.3, 0.4) is 0 Å². The zero-order valence-electron chi connectivity index (χ0n) is 10.7. The van der Waals surface area contributed by atoms with Crippen LogP contribution in [0.25, 0.3) is 0 Å².